The molecular formula is C20H28N4O2S. The Hall–Kier alpha value is -1.76. The number of rotatable bonds is 4. The van der Waals surface area contributed by atoms with Crippen molar-refractivity contribution in [1.29, 1.82) is 0 Å². The molecule has 3 aliphatic heterocycles. The maximum absolute atomic E-state index is 12.9. The van der Waals surface area contributed by atoms with Gasteiger partial charge in [0.05, 0.1) is 5.92 Å². The monoisotopic (exact) mass is 388 g/mol. The molecule has 146 valence electrons. The Bertz CT molecular complexity index is 665. The minimum Gasteiger partial charge on any atom is -0.371 e. The van der Waals surface area contributed by atoms with Crippen LogP contribution < -0.4 is 10.2 Å². The lowest BCUT2D eigenvalue weighted by Crippen LogP contribution is -2.43. The molecule has 7 heteroatoms. The number of hydrogen-bond acceptors (Lipinski definition) is 5. The van der Waals surface area contributed by atoms with E-state index in [9.17, 15) is 9.59 Å². The maximum atomic E-state index is 12.9. The van der Waals surface area contributed by atoms with Crippen LogP contribution in [0.25, 0.3) is 0 Å². The number of nitrogens with zero attached hydrogens (tertiary/aromatic N) is 3. The van der Waals surface area contributed by atoms with Gasteiger partial charge in [0, 0.05) is 56.2 Å². The Morgan fingerprint density at radius 3 is 2.56 bits per heavy atom. The minimum atomic E-state index is 0.0583. The minimum absolute atomic E-state index is 0.0583. The van der Waals surface area contributed by atoms with E-state index in [1.54, 1.807) is 12.4 Å². The van der Waals surface area contributed by atoms with Crippen LogP contribution in [-0.2, 0) is 9.59 Å². The summed E-state index contributed by atoms with van der Waals surface area (Å²) in [7, 11) is 0. The van der Waals surface area contributed by atoms with E-state index in [2.05, 4.69) is 15.2 Å². The smallest absolute Gasteiger partial charge is 0.227 e. The van der Waals surface area contributed by atoms with E-state index in [1.165, 1.54) is 0 Å². The molecule has 6 nitrogen and oxygen atoms in total. The Labute approximate surface area is 165 Å². The molecule has 3 saturated heterocycles. The number of carbonyl (C=O) groups excluding carboxylic acids is 2. The first-order chi connectivity index (χ1) is 13.2. The third-order valence-electron chi connectivity index (χ3n) is 6.00. The van der Waals surface area contributed by atoms with Crippen LogP contribution in [0.3, 0.4) is 0 Å². The van der Waals surface area contributed by atoms with Crippen molar-refractivity contribution in [1.82, 2.24) is 15.2 Å². The second kappa shape index (κ2) is 8.50. The second-order valence-corrected chi connectivity index (χ2v) is 9.03. The number of hydrogen-bond donors (Lipinski definition) is 1. The zero-order valence-electron chi connectivity index (χ0n) is 15.7. The van der Waals surface area contributed by atoms with E-state index in [0.717, 1.165) is 62.5 Å². The Kier molecular flexibility index (Phi) is 5.86. The van der Waals surface area contributed by atoms with Gasteiger partial charge < -0.3 is 15.1 Å². The highest BCUT2D eigenvalue weighted by Crippen LogP contribution is 2.26. The zero-order valence-corrected chi connectivity index (χ0v) is 16.5. The number of amides is 2. The van der Waals surface area contributed by atoms with Crippen molar-refractivity contribution in [3.05, 3.63) is 24.5 Å². The number of nitrogens with one attached hydrogen (secondary N) is 1. The number of carbonyl (C=O) groups is 2. The molecule has 3 aliphatic rings. The summed E-state index contributed by atoms with van der Waals surface area (Å²) < 4.78 is 0. The van der Waals surface area contributed by atoms with Crippen LogP contribution in [0, 0.1) is 11.8 Å². The maximum Gasteiger partial charge on any atom is 0.227 e. The van der Waals surface area contributed by atoms with Crippen LogP contribution in [-0.4, -0.2) is 65.4 Å². The number of pyridine rings is 1. The van der Waals surface area contributed by atoms with Crippen molar-refractivity contribution in [2.24, 2.45) is 11.8 Å². The molecule has 0 aliphatic carbocycles. The molecular weight excluding hydrogens is 360 g/mol. The lowest BCUT2D eigenvalue weighted by atomic mass is 10.0. The molecule has 0 aromatic carbocycles. The van der Waals surface area contributed by atoms with E-state index in [-0.39, 0.29) is 29.7 Å². The molecule has 0 bridgehead atoms. The number of likely N-dealkylation sites (tertiary alicyclic amines) is 1. The molecule has 2 unspecified atom stereocenters. The summed E-state index contributed by atoms with van der Waals surface area (Å²) in [5, 5.41) is 3.20. The van der Waals surface area contributed by atoms with Crippen LogP contribution in [0.5, 0.6) is 0 Å². The van der Waals surface area contributed by atoms with Crippen molar-refractivity contribution in [2.75, 3.05) is 42.6 Å². The number of anilines is 1. The second-order valence-electron chi connectivity index (χ2n) is 7.80. The average molecular weight is 389 g/mol. The largest absolute Gasteiger partial charge is 0.371 e. The average Bonchev–Trinajstić information content (AvgIpc) is 3.39. The highest BCUT2D eigenvalue weighted by molar-refractivity contribution is 7.99. The SMILES string of the molecule is O=C(NC1CCN(C(=O)C2CCN(c3ccncc3)C2)C1)C1CCSCC1. The molecule has 4 heterocycles. The summed E-state index contributed by atoms with van der Waals surface area (Å²) in [6, 6.07) is 4.12. The van der Waals surface area contributed by atoms with Crippen molar-refractivity contribution in [2.45, 2.75) is 31.7 Å². The Morgan fingerprint density at radius 1 is 1.00 bits per heavy atom. The lowest BCUT2D eigenvalue weighted by Gasteiger charge is -2.24. The summed E-state index contributed by atoms with van der Waals surface area (Å²) >= 11 is 1.94. The number of thioether (sulfide) groups is 1. The molecule has 3 fully saturated rings. The third kappa shape index (κ3) is 4.39. The van der Waals surface area contributed by atoms with Crippen LogP contribution in [0.15, 0.2) is 24.5 Å². The normalized spacial score (nSPS) is 26.4. The third-order valence-corrected chi connectivity index (χ3v) is 7.05. The van der Waals surface area contributed by atoms with Gasteiger partial charge in [0.1, 0.15) is 0 Å². The molecule has 0 saturated carbocycles. The molecule has 2 atom stereocenters. The predicted octanol–water partition coefficient (Wildman–Crippen LogP) is 1.77. The van der Waals surface area contributed by atoms with Crippen LogP contribution >= 0.6 is 11.8 Å². The van der Waals surface area contributed by atoms with Crippen molar-refractivity contribution >= 4 is 29.3 Å². The first kappa shape index (κ1) is 18.6. The van der Waals surface area contributed by atoms with Gasteiger partial charge in [0.15, 0.2) is 0 Å². The van der Waals surface area contributed by atoms with Crippen LogP contribution in [0.4, 0.5) is 5.69 Å². The van der Waals surface area contributed by atoms with E-state index in [4.69, 9.17) is 0 Å². The number of aromatic nitrogens is 1. The van der Waals surface area contributed by atoms with Crippen LogP contribution in [0.2, 0.25) is 0 Å². The standard InChI is InChI=1S/C20H28N4O2S/c25-19(15-5-11-27-12-6-15)22-17-4-10-24(14-17)20(26)16-3-9-23(13-16)18-1-7-21-8-2-18/h1-2,7-8,15-17H,3-6,9-14H2,(H,22,25). The van der Waals surface area contributed by atoms with Gasteiger partial charge in [-0.3, -0.25) is 14.6 Å². The summed E-state index contributed by atoms with van der Waals surface area (Å²) in [5.41, 5.74) is 1.14. The Morgan fingerprint density at radius 2 is 1.78 bits per heavy atom. The first-order valence-electron chi connectivity index (χ1n) is 10.0. The molecule has 2 amide bonds. The van der Waals surface area contributed by atoms with Gasteiger partial charge in [-0.15, -0.1) is 0 Å². The molecule has 1 aromatic rings. The van der Waals surface area contributed by atoms with Crippen molar-refractivity contribution in [3.8, 4) is 0 Å². The molecule has 1 aromatic heterocycles. The fraction of sp³-hybridized carbons (Fsp3) is 0.650. The summed E-state index contributed by atoms with van der Waals surface area (Å²) in [5.74, 6) is 2.84. The summed E-state index contributed by atoms with van der Waals surface area (Å²) in [6.07, 6.45) is 7.33. The van der Waals surface area contributed by atoms with Crippen LogP contribution in [0.1, 0.15) is 25.7 Å². The molecule has 27 heavy (non-hydrogen) atoms. The molecule has 0 spiro atoms. The van der Waals surface area contributed by atoms with Gasteiger partial charge in [-0.25, -0.2) is 0 Å². The topological polar surface area (TPSA) is 65.5 Å². The van der Waals surface area contributed by atoms with Gasteiger partial charge in [0.2, 0.25) is 11.8 Å². The quantitative estimate of drug-likeness (QED) is 0.852. The van der Waals surface area contributed by atoms with E-state index in [0.29, 0.717) is 6.54 Å². The van der Waals surface area contributed by atoms with Crippen molar-refractivity contribution < 1.29 is 9.59 Å². The summed E-state index contributed by atoms with van der Waals surface area (Å²) in [6.45, 7) is 3.11. The lowest BCUT2D eigenvalue weighted by molar-refractivity contribution is -0.134. The Balaban J connectivity index is 1.26. The van der Waals surface area contributed by atoms with Crippen molar-refractivity contribution in [3.63, 3.8) is 0 Å². The van der Waals surface area contributed by atoms with E-state index >= 15 is 0 Å². The van der Waals surface area contributed by atoms with Gasteiger partial charge >= 0.3 is 0 Å². The molecule has 1 N–H and O–H groups in total. The van der Waals surface area contributed by atoms with Gasteiger partial charge in [-0.05, 0) is 49.3 Å². The molecule has 0 radical (unpaired) electrons. The van der Waals surface area contributed by atoms with Gasteiger partial charge in [-0.2, -0.15) is 11.8 Å². The highest BCUT2D eigenvalue weighted by Gasteiger charge is 2.35. The highest BCUT2D eigenvalue weighted by atomic mass is 32.2. The van der Waals surface area contributed by atoms with Gasteiger partial charge in [-0.1, -0.05) is 0 Å². The fourth-order valence-corrected chi connectivity index (χ4v) is 5.47. The van der Waals surface area contributed by atoms with E-state index < -0.39 is 0 Å². The predicted molar refractivity (Wildman–Crippen MR) is 108 cm³/mol. The summed E-state index contributed by atoms with van der Waals surface area (Å²) in [4.78, 5) is 33.7. The first-order valence-corrected chi connectivity index (χ1v) is 11.2. The fourth-order valence-electron chi connectivity index (χ4n) is 4.37. The molecule has 4 rings (SSSR count). The zero-order chi connectivity index (χ0) is 18.6. The van der Waals surface area contributed by atoms with E-state index in [1.807, 2.05) is 28.8 Å². The van der Waals surface area contributed by atoms with Gasteiger partial charge in [0.25, 0.3) is 0 Å².